The van der Waals surface area contributed by atoms with E-state index in [9.17, 15) is 22.8 Å². The molecule has 3 aromatic rings. The molecule has 1 saturated heterocycles. The quantitative estimate of drug-likeness (QED) is 0.614. The van der Waals surface area contributed by atoms with Crippen molar-refractivity contribution in [3.63, 3.8) is 0 Å². The van der Waals surface area contributed by atoms with Gasteiger partial charge in [0.05, 0.1) is 24.5 Å². The number of carbonyl (C=O) groups excluding carboxylic acids is 1. The molecule has 1 aromatic heterocycles. The minimum atomic E-state index is -4.63. The summed E-state index contributed by atoms with van der Waals surface area (Å²) in [5.74, 6) is -0.802. The van der Waals surface area contributed by atoms with E-state index in [1.165, 1.54) is 25.1 Å². The number of nitrogens with one attached hydrogen (secondary N) is 1. The minimum Gasteiger partial charge on any atom is -0.379 e. The molecular formula is C24H23F3N4O3. The summed E-state index contributed by atoms with van der Waals surface area (Å²) in [6.45, 7) is 5.30. The summed E-state index contributed by atoms with van der Waals surface area (Å²) in [5, 5.41) is 6.58. The zero-order valence-electron chi connectivity index (χ0n) is 18.4. The maximum absolute atomic E-state index is 13.5. The van der Waals surface area contributed by atoms with Crippen LogP contribution in [0.2, 0.25) is 0 Å². The molecule has 0 saturated carbocycles. The number of hydrogen-bond donors (Lipinski definition) is 1. The average Bonchev–Trinajstić information content (AvgIpc) is 2.80. The van der Waals surface area contributed by atoms with Gasteiger partial charge in [-0.1, -0.05) is 24.3 Å². The van der Waals surface area contributed by atoms with E-state index >= 15 is 0 Å². The van der Waals surface area contributed by atoms with Crippen molar-refractivity contribution >= 4 is 11.6 Å². The number of rotatable bonds is 5. The highest BCUT2D eigenvalue weighted by Crippen LogP contribution is 2.33. The summed E-state index contributed by atoms with van der Waals surface area (Å²) in [7, 11) is 0. The number of anilines is 1. The molecule has 7 nitrogen and oxygen atoms in total. The van der Waals surface area contributed by atoms with Crippen molar-refractivity contribution in [1.29, 1.82) is 0 Å². The number of aromatic nitrogens is 2. The first-order valence-corrected chi connectivity index (χ1v) is 10.7. The molecule has 1 amide bonds. The second kappa shape index (κ2) is 9.78. The van der Waals surface area contributed by atoms with Crippen LogP contribution in [0.4, 0.5) is 18.9 Å². The van der Waals surface area contributed by atoms with Gasteiger partial charge < -0.3 is 10.1 Å². The fraction of sp³-hybridized carbons (Fsp3) is 0.292. The Labute approximate surface area is 193 Å². The van der Waals surface area contributed by atoms with E-state index in [1.54, 1.807) is 12.1 Å². The SMILES string of the molecule is Cc1cc(=O)c(C(=O)Nc2ccc(CN3CCOCC3)cc2)nn1-c1ccccc1C(F)(F)F. The lowest BCUT2D eigenvalue weighted by atomic mass is 10.1. The molecule has 1 fully saturated rings. The number of para-hydroxylation sites is 1. The largest absolute Gasteiger partial charge is 0.418 e. The highest BCUT2D eigenvalue weighted by molar-refractivity contribution is 6.02. The molecule has 0 spiro atoms. The molecule has 1 aliphatic heterocycles. The normalized spacial score (nSPS) is 14.7. The molecule has 10 heteroatoms. The predicted octanol–water partition coefficient (Wildman–Crippen LogP) is 3.64. The van der Waals surface area contributed by atoms with Crippen LogP contribution in [0.25, 0.3) is 5.69 Å². The van der Waals surface area contributed by atoms with E-state index < -0.39 is 28.8 Å². The van der Waals surface area contributed by atoms with Crippen LogP contribution in [-0.4, -0.2) is 46.9 Å². The second-order valence-electron chi connectivity index (χ2n) is 7.96. The lowest BCUT2D eigenvalue weighted by molar-refractivity contribution is -0.137. The van der Waals surface area contributed by atoms with Gasteiger partial charge in [0.2, 0.25) is 5.43 Å². The number of nitrogens with zero attached hydrogens (tertiary/aromatic N) is 3. The molecular weight excluding hydrogens is 449 g/mol. The zero-order valence-corrected chi connectivity index (χ0v) is 18.4. The maximum atomic E-state index is 13.5. The Morgan fingerprint density at radius 1 is 1.09 bits per heavy atom. The number of ether oxygens (including phenoxy) is 1. The highest BCUT2D eigenvalue weighted by Gasteiger charge is 2.34. The average molecular weight is 472 g/mol. The van der Waals surface area contributed by atoms with Gasteiger partial charge >= 0.3 is 6.18 Å². The van der Waals surface area contributed by atoms with Crippen LogP contribution in [0.3, 0.4) is 0 Å². The molecule has 0 radical (unpaired) electrons. The maximum Gasteiger partial charge on any atom is 0.418 e. The summed E-state index contributed by atoms with van der Waals surface area (Å²) in [6.07, 6.45) is -4.63. The summed E-state index contributed by atoms with van der Waals surface area (Å²) in [4.78, 5) is 27.5. The zero-order chi connectivity index (χ0) is 24.3. The predicted molar refractivity (Wildman–Crippen MR) is 120 cm³/mol. The van der Waals surface area contributed by atoms with Crippen LogP contribution in [0, 0.1) is 6.92 Å². The molecule has 1 N–H and O–H groups in total. The molecule has 1 aliphatic rings. The van der Waals surface area contributed by atoms with Gasteiger partial charge in [-0.25, -0.2) is 4.68 Å². The van der Waals surface area contributed by atoms with Gasteiger partial charge in [-0.15, -0.1) is 0 Å². The third-order valence-corrected chi connectivity index (χ3v) is 5.48. The molecule has 178 valence electrons. The van der Waals surface area contributed by atoms with E-state index in [1.807, 2.05) is 12.1 Å². The number of amides is 1. The first kappa shape index (κ1) is 23.7. The van der Waals surface area contributed by atoms with Crippen molar-refractivity contribution in [1.82, 2.24) is 14.7 Å². The molecule has 0 bridgehead atoms. The Bertz CT molecular complexity index is 1230. The van der Waals surface area contributed by atoms with Crippen molar-refractivity contribution in [2.75, 3.05) is 31.6 Å². The number of hydrogen-bond acceptors (Lipinski definition) is 5. The first-order chi connectivity index (χ1) is 16.2. The lowest BCUT2D eigenvalue weighted by Crippen LogP contribution is -2.35. The lowest BCUT2D eigenvalue weighted by Gasteiger charge is -2.26. The molecule has 0 atom stereocenters. The van der Waals surface area contributed by atoms with Gasteiger partial charge in [0, 0.05) is 37.1 Å². The number of alkyl halides is 3. The number of carbonyl (C=O) groups is 1. The van der Waals surface area contributed by atoms with Gasteiger partial charge in [0.25, 0.3) is 5.91 Å². The molecule has 0 aliphatic carbocycles. The molecule has 0 unspecified atom stereocenters. The van der Waals surface area contributed by atoms with Gasteiger partial charge in [-0.2, -0.15) is 18.3 Å². The van der Waals surface area contributed by atoms with E-state index in [0.717, 1.165) is 42.0 Å². The van der Waals surface area contributed by atoms with Crippen molar-refractivity contribution in [3.05, 3.63) is 87.3 Å². The molecule has 2 aromatic carbocycles. The van der Waals surface area contributed by atoms with Crippen molar-refractivity contribution in [3.8, 4) is 5.69 Å². The summed E-state index contributed by atoms with van der Waals surface area (Å²) in [5.41, 5.74) is -0.699. The van der Waals surface area contributed by atoms with Crippen molar-refractivity contribution in [2.45, 2.75) is 19.6 Å². The fourth-order valence-corrected chi connectivity index (χ4v) is 3.75. The Balaban J connectivity index is 1.56. The standard InChI is InChI=1S/C24H23F3N4O3/c1-16-14-21(32)22(29-31(16)20-5-3-2-4-19(20)24(25,26)27)23(33)28-18-8-6-17(7-9-18)15-30-10-12-34-13-11-30/h2-9,14H,10-13,15H2,1H3,(H,28,33). The summed E-state index contributed by atoms with van der Waals surface area (Å²) >= 11 is 0. The van der Waals surface area contributed by atoms with Crippen molar-refractivity contribution < 1.29 is 22.7 Å². The smallest absolute Gasteiger partial charge is 0.379 e. The van der Waals surface area contributed by atoms with E-state index in [2.05, 4.69) is 15.3 Å². The van der Waals surface area contributed by atoms with Crippen LogP contribution < -0.4 is 10.7 Å². The number of aryl methyl sites for hydroxylation is 1. The summed E-state index contributed by atoms with van der Waals surface area (Å²) < 4.78 is 46.7. The van der Waals surface area contributed by atoms with Crippen LogP contribution in [0.15, 0.2) is 59.4 Å². The van der Waals surface area contributed by atoms with E-state index in [4.69, 9.17) is 4.74 Å². The fourth-order valence-electron chi connectivity index (χ4n) is 3.75. The van der Waals surface area contributed by atoms with Gasteiger partial charge in [0.1, 0.15) is 0 Å². The number of benzene rings is 2. The van der Waals surface area contributed by atoms with E-state index in [-0.39, 0.29) is 11.4 Å². The van der Waals surface area contributed by atoms with Gasteiger partial charge in [0.15, 0.2) is 5.69 Å². The number of halogens is 3. The number of morpholine rings is 1. The third-order valence-electron chi connectivity index (χ3n) is 5.48. The topological polar surface area (TPSA) is 76.5 Å². The van der Waals surface area contributed by atoms with Crippen LogP contribution in [0.5, 0.6) is 0 Å². The van der Waals surface area contributed by atoms with Gasteiger partial charge in [-0.3, -0.25) is 14.5 Å². The molecule has 34 heavy (non-hydrogen) atoms. The Kier molecular flexibility index (Phi) is 6.80. The first-order valence-electron chi connectivity index (χ1n) is 10.7. The Morgan fingerprint density at radius 3 is 2.44 bits per heavy atom. The summed E-state index contributed by atoms with van der Waals surface area (Å²) in [6, 6.07) is 13.1. The monoisotopic (exact) mass is 472 g/mol. The van der Waals surface area contributed by atoms with Crippen LogP contribution in [0.1, 0.15) is 27.3 Å². The van der Waals surface area contributed by atoms with Crippen molar-refractivity contribution in [2.24, 2.45) is 0 Å². The van der Waals surface area contributed by atoms with E-state index in [0.29, 0.717) is 18.9 Å². The third kappa shape index (κ3) is 5.35. The Morgan fingerprint density at radius 2 is 1.76 bits per heavy atom. The van der Waals surface area contributed by atoms with Gasteiger partial charge in [-0.05, 0) is 36.8 Å². The second-order valence-corrected chi connectivity index (χ2v) is 7.96. The molecule has 4 rings (SSSR count). The molecule has 2 heterocycles. The Hall–Kier alpha value is -3.50. The minimum absolute atomic E-state index is 0.172. The van der Waals surface area contributed by atoms with Crippen LogP contribution in [-0.2, 0) is 17.5 Å². The highest BCUT2D eigenvalue weighted by atomic mass is 19.4. The van der Waals surface area contributed by atoms with Crippen LogP contribution >= 0.6 is 0 Å².